The van der Waals surface area contributed by atoms with Crippen molar-refractivity contribution in [3.8, 4) is 0 Å². The van der Waals surface area contributed by atoms with Gasteiger partial charge in [0.15, 0.2) is 0 Å². The molecule has 0 aromatic rings. The Balaban J connectivity index is 1.81. The Morgan fingerprint density at radius 2 is 2.17 bits per heavy atom. The molecule has 3 fully saturated rings. The van der Waals surface area contributed by atoms with E-state index in [1.54, 1.807) is 0 Å². The van der Waals surface area contributed by atoms with E-state index < -0.39 is 0 Å². The molecule has 68 valence electrons. The molecule has 3 aliphatic rings. The summed E-state index contributed by atoms with van der Waals surface area (Å²) in [4.78, 5) is 0. The second kappa shape index (κ2) is 2.69. The quantitative estimate of drug-likeness (QED) is 0.550. The van der Waals surface area contributed by atoms with Crippen LogP contribution in [0.3, 0.4) is 0 Å². The van der Waals surface area contributed by atoms with Crippen molar-refractivity contribution in [2.24, 2.45) is 11.8 Å². The smallest absolute Gasteiger partial charge is 0.0774 e. The van der Waals surface area contributed by atoms with Crippen LogP contribution in [0.2, 0.25) is 0 Å². The van der Waals surface area contributed by atoms with Gasteiger partial charge in [-0.1, -0.05) is 12.8 Å². The van der Waals surface area contributed by atoms with E-state index in [4.69, 9.17) is 0 Å². The second-order valence-electron chi connectivity index (χ2n) is 4.32. The van der Waals surface area contributed by atoms with E-state index in [2.05, 4.69) is 15.8 Å². The van der Waals surface area contributed by atoms with Crippen LogP contribution in [-0.2, 0) is 0 Å². The summed E-state index contributed by atoms with van der Waals surface area (Å²) in [5, 5.41) is 5.95. The van der Waals surface area contributed by atoms with Gasteiger partial charge in [0.25, 0.3) is 0 Å². The van der Waals surface area contributed by atoms with Gasteiger partial charge in [0.05, 0.1) is 12.8 Å². The fourth-order valence-electron chi connectivity index (χ4n) is 3.21. The van der Waals surface area contributed by atoms with E-state index in [1.807, 2.05) is 0 Å². The molecule has 1 saturated carbocycles. The van der Waals surface area contributed by atoms with Crippen molar-refractivity contribution >= 4 is 0 Å². The van der Waals surface area contributed by atoms with Crippen LogP contribution in [0, 0.1) is 11.8 Å². The molecular formula is C9H17N3. The lowest BCUT2D eigenvalue weighted by Crippen LogP contribution is -2.50. The summed E-state index contributed by atoms with van der Waals surface area (Å²) in [6, 6.07) is 0. The summed E-state index contributed by atoms with van der Waals surface area (Å²) in [6.45, 7) is 2.23. The number of nitrogens with one attached hydrogen (secondary N) is 2. The van der Waals surface area contributed by atoms with Gasteiger partial charge < -0.3 is 0 Å². The van der Waals surface area contributed by atoms with Crippen LogP contribution in [0.1, 0.15) is 25.7 Å². The van der Waals surface area contributed by atoms with E-state index in [0.29, 0.717) is 6.17 Å². The van der Waals surface area contributed by atoms with Gasteiger partial charge in [0.1, 0.15) is 0 Å². The van der Waals surface area contributed by atoms with Gasteiger partial charge >= 0.3 is 0 Å². The zero-order chi connectivity index (χ0) is 7.97. The first-order valence-corrected chi connectivity index (χ1v) is 5.19. The van der Waals surface area contributed by atoms with Crippen molar-refractivity contribution in [3.63, 3.8) is 0 Å². The maximum absolute atomic E-state index is 3.54. The third-order valence-electron chi connectivity index (χ3n) is 3.79. The molecule has 3 rings (SSSR count). The van der Waals surface area contributed by atoms with E-state index in [9.17, 15) is 0 Å². The minimum atomic E-state index is 0.659. The Bertz CT molecular complexity index is 163. The summed E-state index contributed by atoms with van der Waals surface area (Å²) in [7, 11) is 0. The lowest BCUT2D eigenvalue weighted by atomic mass is 9.87. The fraction of sp³-hybridized carbons (Fsp3) is 1.00. The lowest BCUT2D eigenvalue weighted by Gasteiger charge is -2.37. The number of nitrogens with zero attached hydrogens (tertiary/aromatic N) is 1. The number of fused-ring (bicyclic) bond motifs is 3. The predicted molar refractivity (Wildman–Crippen MR) is 47.1 cm³/mol. The molecule has 0 bridgehead atoms. The second-order valence-corrected chi connectivity index (χ2v) is 4.32. The summed E-state index contributed by atoms with van der Waals surface area (Å²) in [5.41, 5.74) is 3.39. The van der Waals surface area contributed by atoms with Crippen molar-refractivity contribution in [2.45, 2.75) is 31.8 Å². The maximum Gasteiger partial charge on any atom is 0.0774 e. The third-order valence-corrected chi connectivity index (χ3v) is 3.79. The molecule has 2 N–H and O–H groups in total. The van der Waals surface area contributed by atoms with Crippen molar-refractivity contribution in [1.82, 2.24) is 15.8 Å². The number of piperidine rings is 1. The molecular weight excluding hydrogens is 150 g/mol. The van der Waals surface area contributed by atoms with Gasteiger partial charge in [0.2, 0.25) is 0 Å². The number of rotatable bonds is 0. The maximum atomic E-state index is 3.54. The Hall–Kier alpha value is -0.120. The molecule has 0 spiro atoms. The van der Waals surface area contributed by atoms with Crippen molar-refractivity contribution in [1.29, 1.82) is 0 Å². The highest BCUT2D eigenvalue weighted by molar-refractivity contribution is 4.92. The molecule has 0 aromatic carbocycles. The molecule has 3 unspecified atom stereocenters. The van der Waals surface area contributed by atoms with Gasteiger partial charge in [0, 0.05) is 6.54 Å². The van der Waals surface area contributed by atoms with E-state index >= 15 is 0 Å². The molecule has 0 amide bonds. The molecule has 0 radical (unpaired) electrons. The SMILES string of the molecule is C1CC2CCN3NCNC3C2C1. The van der Waals surface area contributed by atoms with Crippen molar-refractivity contribution in [3.05, 3.63) is 0 Å². The zero-order valence-electron chi connectivity index (χ0n) is 7.42. The van der Waals surface area contributed by atoms with Gasteiger partial charge in [-0.2, -0.15) is 0 Å². The van der Waals surface area contributed by atoms with Crippen molar-refractivity contribution < 1.29 is 0 Å². The first-order chi connectivity index (χ1) is 5.95. The highest BCUT2D eigenvalue weighted by atomic mass is 15.6. The van der Waals surface area contributed by atoms with Crippen LogP contribution in [0.25, 0.3) is 0 Å². The Kier molecular flexibility index (Phi) is 1.63. The minimum absolute atomic E-state index is 0.659. The average Bonchev–Trinajstić information content (AvgIpc) is 2.71. The number of hydrazine groups is 1. The molecule has 0 aromatic heterocycles. The first kappa shape index (κ1) is 7.30. The molecule has 2 saturated heterocycles. The van der Waals surface area contributed by atoms with Gasteiger partial charge in [-0.3, -0.25) is 5.32 Å². The van der Waals surface area contributed by atoms with Crippen LogP contribution in [0.15, 0.2) is 0 Å². The van der Waals surface area contributed by atoms with Gasteiger partial charge in [-0.15, -0.1) is 0 Å². The van der Waals surface area contributed by atoms with E-state index in [1.165, 1.54) is 32.2 Å². The molecule has 3 nitrogen and oxygen atoms in total. The van der Waals surface area contributed by atoms with Crippen LogP contribution >= 0.6 is 0 Å². The van der Waals surface area contributed by atoms with E-state index in [-0.39, 0.29) is 0 Å². The monoisotopic (exact) mass is 167 g/mol. The van der Waals surface area contributed by atoms with Gasteiger partial charge in [-0.25, -0.2) is 10.4 Å². The lowest BCUT2D eigenvalue weighted by molar-refractivity contribution is 0.0566. The largest absolute Gasteiger partial charge is 0.287 e. The first-order valence-electron chi connectivity index (χ1n) is 5.19. The summed E-state index contributed by atoms with van der Waals surface area (Å²) in [5.74, 6) is 1.97. The van der Waals surface area contributed by atoms with Crippen LogP contribution in [0.4, 0.5) is 0 Å². The van der Waals surface area contributed by atoms with Crippen LogP contribution in [-0.4, -0.2) is 24.4 Å². The summed E-state index contributed by atoms with van der Waals surface area (Å²) in [6.07, 6.45) is 6.46. The number of hydrogen-bond acceptors (Lipinski definition) is 3. The molecule has 2 aliphatic heterocycles. The fourth-order valence-corrected chi connectivity index (χ4v) is 3.21. The van der Waals surface area contributed by atoms with Crippen LogP contribution < -0.4 is 10.7 Å². The third kappa shape index (κ3) is 0.934. The molecule has 3 atom stereocenters. The van der Waals surface area contributed by atoms with Gasteiger partial charge in [-0.05, 0) is 24.7 Å². The van der Waals surface area contributed by atoms with Crippen molar-refractivity contribution in [2.75, 3.05) is 13.2 Å². The number of hydrogen-bond donors (Lipinski definition) is 2. The highest BCUT2D eigenvalue weighted by Gasteiger charge is 2.42. The van der Waals surface area contributed by atoms with Crippen LogP contribution in [0.5, 0.6) is 0 Å². The Morgan fingerprint density at radius 1 is 1.17 bits per heavy atom. The molecule has 1 aliphatic carbocycles. The van der Waals surface area contributed by atoms with E-state index in [0.717, 1.165) is 18.5 Å². The molecule has 3 heteroatoms. The molecule has 12 heavy (non-hydrogen) atoms. The Morgan fingerprint density at radius 3 is 3.17 bits per heavy atom. The average molecular weight is 167 g/mol. The summed E-state index contributed by atoms with van der Waals surface area (Å²) < 4.78 is 0. The molecule has 2 heterocycles. The summed E-state index contributed by atoms with van der Waals surface area (Å²) >= 11 is 0. The highest BCUT2D eigenvalue weighted by Crippen LogP contribution is 2.40. The topological polar surface area (TPSA) is 27.3 Å². The standard InChI is InChI=1S/C9H17N3/c1-2-7-4-5-12-9(8(7)3-1)10-6-11-12/h7-11H,1-6H2. The Labute approximate surface area is 73.5 Å². The minimum Gasteiger partial charge on any atom is -0.287 e. The predicted octanol–water partition coefficient (Wildman–Crippen LogP) is 0.500. The normalized spacial score (nSPS) is 47.5. The zero-order valence-corrected chi connectivity index (χ0v) is 7.42.